The van der Waals surface area contributed by atoms with Crippen molar-refractivity contribution in [2.24, 2.45) is 0 Å². The van der Waals surface area contributed by atoms with Crippen LogP contribution in [0.5, 0.6) is 5.75 Å². The zero-order valence-corrected chi connectivity index (χ0v) is 16.4. The van der Waals surface area contributed by atoms with E-state index in [2.05, 4.69) is 32.8 Å². The van der Waals surface area contributed by atoms with Crippen LogP contribution >= 0.6 is 0 Å². The van der Waals surface area contributed by atoms with Crippen molar-refractivity contribution in [1.29, 1.82) is 5.26 Å². The molecule has 0 unspecified atom stereocenters. The van der Waals surface area contributed by atoms with E-state index in [1.165, 1.54) is 12.8 Å². The van der Waals surface area contributed by atoms with Crippen LogP contribution in [0.4, 0.5) is 11.8 Å². The smallest absolute Gasteiger partial charge is 0.222 e. The highest BCUT2D eigenvalue weighted by Gasteiger charge is 2.13. The molecule has 0 atom stereocenters. The normalized spacial score (nSPS) is 10.8. The van der Waals surface area contributed by atoms with Gasteiger partial charge in [0.2, 0.25) is 5.95 Å². The van der Waals surface area contributed by atoms with E-state index in [0.717, 1.165) is 46.7 Å². The lowest BCUT2D eigenvalue weighted by atomic mass is 10.1. The van der Waals surface area contributed by atoms with Crippen LogP contribution in [0.15, 0.2) is 30.5 Å². The molecule has 0 saturated heterocycles. The molecule has 0 fully saturated rings. The zero-order valence-electron chi connectivity index (χ0n) is 16.4. The van der Waals surface area contributed by atoms with Crippen LogP contribution in [0.1, 0.15) is 37.3 Å². The van der Waals surface area contributed by atoms with Gasteiger partial charge in [0.15, 0.2) is 5.82 Å². The average Bonchev–Trinajstić information content (AvgIpc) is 3.09. The Hall–Kier alpha value is -3.27. The van der Waals surface area contributed by atoms with Crippen LogP contribution in [0, 0.1) is 11.3 Å². The lowest BCUT2D eigenvalue weighted by Gasteiger charge is -2.14. The molecule has 7 nitrogen and oxygen atoms in total. The molecule has 0 amide bonds. The first-order valence-electron chi connectivity index (χ1n) is 9.55. The highest BCUT2D eigenvalue weighted by molar-refractivity contribution is 5.87. The molecule has 3 rings (SSSR count). The fourth-order valence-corrected chi connectivity index (χ4v) is 3.27. The van der Waals surface area contributed by atoms with Gasteiger partial charge in [0.25, 0.3) is 0 Å². The summed E-state index contributed by atoms with van der Waals surface area (Å²) in [7, 11) is 1.65. The molecule has 0 saturated carbocycles. The number of methoxy groups -OCH3 is 1. The van der Waals surface area contributed by atoms with Crippen molar-refractivity contribution >= 4 is 22.8 Å². The van der Waals surface area contributed by atoms with Gasteiger partial charge >= 0.3 is 0 Å². The van der Waals surface area contributed by atoms with Crippen LogP contribution in [0.3, 0.4) is 0 Å². The van der Waals surface area contributed by atoms with Crippen molar-refractivity contribution in [1.82, 2.24) is 14.5 Å². The highest BCUT2D eigenvalue weighted by atomic mass is 16.5. The highest BCUT2D eigenvalue weighted by Crippen LogP contribution is 2.27. The molecule has 1 aromatic carbocycles. The summed E-state index contributed by atoms with van der Waals surface area (Å²) in [6, 6.07) is 10.0. The summed E-state index contributed by atoms with van der Waals surface area (Å²) in [4.78, 5) is 8.78. The van der Waals surface area contributed by atoms with Crippen LogP contribution in [0.2, 0.25) is 0 Å². The van der Waals surface area contributed by atoms with E-state index in [0.29, 0.717) is 13.0 Å². The molecule has 0 spiro atoms. The Morgan fingerprint density at radius 1 is 1.25 bits per heavy atom. The third kappa shape index (κ3) is 4.34. The van der Waals surface area contributed by atoms with Crippen LogP contribution < -0.4 is 15.8 Å². The summed E-state index contributed by atoms with van der Waals surface area (Å²) >= 11 is 0. The lowest BCUT2D eigenvalue weighted by molar-refractivity contribution is 0.408. The van der Waals surface area contributed by atoms with Crippen molar-refractivity contribution in [3.8, 4) is 11.8 Å². The van der Waals surface area contributed by atoms with Gasteiger partial charge in [-0.2, -0.15) is 10.2 Å². The maximum absolute atomic E-state index is 8.91. The maximum atomic E-state index is 8.91. The SMILES string of the molecule is CCCCCNc1nc(N)nc2ccn(Cc3ccc(CC#N)cc3OC)c12. The van der Waals surface area contributed by atoms with E-state index in [1.807, 2.05) is 30.5 Å². The predicted octanol–water partition coefficient (Wildman–Crippen LogP) is 3.74. The monoisotopic (exact) mass is 378 g/mol. The fraction of sp³-hybridized carbons (Fsp3) is 0.381. The molecular weight excluding hydrogens is 352 g/mol. The van der Waals surface area contributed by atoms with Gasteiger partial charge in [-0.25, -0.2) is 4.98 Å². The molecule has 3 N–H and O–H groups in total. The first-order chi connectivity index (χ1) is 13.7. The van der Waals surface area contributed by atoms with Gasteiger partial charge in [-0.1, -0.05) is 31.9 Å². The molecule has 3 aromatic rings. The number of aromatic nitrogens is 3. The second kappa shape index (κ2) is 9.09. The Kier molecular flexibility index (Phi) is 6.33. The number of fused-ring (bicyclic) bond motifs is 1. The Morgan fingerprint density at radius 2 is 2.11 bits per heavy atom. The number of nitrogens with one attached hydrogen (secondary N) is 1. The maximum Gasteiger partial charge on any atom is 0.222 e. The number of ether oxygens (including phenoxy) is 1. The third-order valence-corrected chi connectivity index (χ3v) is 4.68. The van der Waals surface area contributed by atoms with Crippen molar-refractivity contribution in [2.75, 3.05) is 24.7 Å². The number of benzene rings is 1. The number of nitrogens with two attached hydrogens (primary N) is 1. The molecule has 0 radical (unpaired) electrons. The van der Waals surface area contributed by atoms with Gasteiger partial charge in [0.1, 0.15) is 11.3 Å². The Labute approximate surface area is 165 Å². The minimum absolute atomic E-state index is 0.265. The number of nitrogen functional groups attached to an aromatic ring is 1. The molecule has 0 aliphatic rings. The third-order valence-electron chi connectivity index (χ3n) is 4.68. The van der Waals surface area contributed by atoms with E-state index in [4.69, 9.17) is 15.7 Å². The lowest BCUT2D eigenvalue weighted by Crippen LogP contribution is -2.09. The van der Waals surface area contributed by atoms with E-state index in [1.54, 1.807) is 7.11 Å². The molecule has 0 aliphatic carbocycles. The zero-order chi connectivity index (χ0) is 19.9. The topological polar surface area (TPSA) is 102 Å². The van der Waals surface area contributed by atoms with E-state index in [-0.39, 0.29) is 5.95 Å². The number of anilines is 2. The van der Waals surface area contributed by atoms with Gasteiger partial charge in [-0.3, -0.25) is 0 Å². The fourth-order valence-electron chi connectivity index (χ4n) is 3.27. The molecule has 2 heterocycles. The Morgan fingerprint density at radius 3 is 2.86 bits per heavy atom. The summed E-state index contributed by atoms with van der Waals surface area (Å²) in [6.07, 6.45) is 5.77. The number of nitriles is 1. The molecule has 0 bridgehead atoms. The first kappa shape index (κ1) is 19.5. The standard InChI is InChI=1S/C21H26N6O/c1-3-4-5-11-24-20-19-17(25-21(23)26-20)9-12-27(19)14-16-7-6-15(8-10-22)13-18(16)28-2/h6-7,9,12-13H,3-5,8,11,14H2,1-2H3,(H3,23,24,25,26). The first-order valence-corrected chi connectivity index (χ1v) is 9.55. The molecule has 0 aliphatic heterocycles. The van der Waals surface area contributed by atoms with Gasteiger partial charge < -0.3 is 20.4 Å². The minimum Gasteiger partial charge on any atom is -0.496 e. The summed E-state index contributed by atoms with van der Waals surface area (Å²) in [5.41, 5.74) is 9.59. The minimum atomic E-state index is 0.265. The molecule has 28 heavy (non-hydrogen) atoms. The summed E-state index contributed by atoms with van der Waals surface area (Å²) < 4.78 is 7.64. The number of hydrogen-bond donors (Lipinski definition) is 2. The number of nitrogens with zero attached hydrogens (tertiary/aromatic N) is 4. The van der Waals surface area contributed by atoms with Crippen molar-refractivity contribution in [2.45, 2.75) is 39.2 Å². The second-order valence-electron chi connectivity index (χ2n) is 6.72. The van der Waals surface area contributed by atoms with Gasteiger partial charge in [0, 0.05) is 18.3 Å². The largest absolute Gasteiger partial charge is 0.496 e. The van der Waals surface area contributed by atoms with Crippen molar-refractivity contribution < 1.29 is 4.74 Å². The number of unbranched alkanes of at least 4 members (excludes halogenated alkanes) is 2. The average molecular weight is 378 g/mol. The van der Waals surface area contributed by atoms with E-state index in [9.17, 15) is 0 Å². The number of rotatable bonds is 9. The van der Waals surface area contributed by atoms with Crippen molar-refractivity contribution in [3.05, 3.63) is 41.6 Å². The van der Waals surface area contributed by atoms with Crippen LogP contribution in [-0.2, 0) is 13.0 Å². The van der Waals surface area contributed by atoms with Gasteiger partial charge in [-0.15, -0.1) is 0 Å². The Bertz CT molecular complexity index is 988. The molecule has 2 aromatic heterocycles. The van der Waals surface area contributed by atoms with Crippen LogP contribution in [0.25, 0.3) is 11.0 Å². The molecule has 7 heteroatoms. The molecule has 146 valence electrons. The second-order valence-corrected chi connectivity index (χ2v) is 6.72. The predicted molar refractivity (Wildman–Crippen MR) is 111 cm³/mol. The summed E-state index contributed by atoms with van der Waals surface area (Å²) in [5, 5.41) is 12.3. The molecular formula is C21H26N6O. The van der Waals surface area contributed by atoms with Gasteiger partial charge in [0.05, 0.1) is 31.7 Å². The quantitative estimate of drug-likeness (QED) is 0.550. The summed E-state index contributed by atoms with van der Waals surface area (Å²) in [5.74, 6) is 1.79. The van der Waals surface area contributed by atoms with Gasteiger partial charge in [-0.05, 0) is 24.1 Å². The Balaban J connectivity index is 1.92. The summed E-state index contributed by atoms with van der Waals surface area (Å²) in [6.45, 7) is 3.63. The van der Waals surface area contributed by atoms with Crippen LogP contribution in [-0.4, -0.2) is 28.2 Å². The van der Waals surface area contributed by atoms with E-state index < -0.39 is 0 Å². The van der Waals surface area contributed by atoms with Crippen molar-refractivity contribution in [3.63, 3.8) is 0 Å². The van der Waals surface area contributed by atoms with E-state index >= 15 is 0 Å². The number of hydrogen-bond acceptors (Lipinski definition) is 6.